The molecule has 0 spiro atoms. The molecule has 1 aromatic rings. The minimum absolute atomic E-state index is 0.422. The summed E-state index contributed by atoms with van der Waals surface area (Å²) in [6.07, 6.45) is 3.59. The Kier molecular flexibility index (Phi) is 3.53. The third-order valence-corrected chi connectivity index (χ3v) is 7.37. The van der Waals surface area contributed by atoms with Crippen LogP contribution < -0.4 is 5.73 Å². The van der Waals surface area contributed by atoms with Crippen LogP contribution in [0.5, 0.6) is 0 Å². The summed E-state index contributed by atoms with van der Waals surface area (Å²) < 4.78 is 27.8. The molecule has 1 aromatic carbocycles. The van der Waals surface area contributed by atoms with E-state index in [0.717, 1.165) is 11.1 Å². The second-order valence-electron chi connectivity index (χ2n) is 6.65. The summed E-state index contributed by atoms with van der Waals surface area (Å²) in [7, 11) is -3.43. The monoisotopic (exact) mass is 308 g/mol. The second kappa shape index (κ2) is 4.99. The quantitative estimate of drug-likeness (QED) is 0.854. The third kappa shape index (κ3) is 2.27. The standard InChI is InChI=1S/C16H24N2O2S/c1-10-7-11(2)16(12(3)15(10)17)21(19,20)18-8-13-5-4-6-14(13)9-18/h7,13-14H,4-6,8-9,17H2,1-3H3. The number of hydrogen-bond acceptors (Lipinski definition) is 3. The Labute approximate surface area is 127 Å². The van der Waals surface area contributed by atoms with Crippen LogP contribution in [0.4, 0.5) is 5.69 Å². The van der Waals surface area contributed by atoms with Crippen LogP contribution in [0.2, 0.25) is 0 Å². The number of sulfonamides is 1. The van der Waals surface area contributed by atoms with E-state index in [1.807, 2.05) is 26.8 Å². The maximum atomic E-state index is 13.0. The van der Waals surface area contributed by atoms with Gasteiger partial charge in [0.05, 0.1) is 4.90 Å². The Hall–Kier alpha value is -1.07. The van der Waals surface area contributed by atoms with E-state index in [-0.39, 0.29) is 0 Å². The molecule has 0 radical (unpaired) electrons. The maximum Gasteiger partial charge on any atom is 0.243 e. The molecule has 1 heterocycles. The predicted molar refractivity (Wildman–Crippen MR) is 84.7 cm³/mol. The lowest BCUT2D eigenvalue weighted by atomic mass is 10.0. The van der Waals surface area contributed by atoms with Crippen molar-refractivity contribution in [1.82, 2.24) is 4.31 Å². The molecule has 4 nitrogen and oxygen atoms in total. The van der Waals surface area contributed by atoms with Crippen molar-refractivity contribution < 1.29 is 8.42 Å². The fourth-order valence-corrected chi connectivity index (χ4v) is 6.09. The third-order valence-electron chi connectivity index (χ3n) is 5.25. The topological polar surface area (TPSA) is 63.4 Å². The molecule has 2 atom stereocenters. The van der Waals surface area contributed by atoms with E-state index >= 15 is 0 Å². The van der Waals surface area contributed by atoms with Gasteiger partial charge >= 0.3 is 0 Å². The maximum absolute atomic E-state index is 13.0. The lowest BCUT2D eigenvalue weighted by Crippen LogP contribution is -2.31. The van der Waals surface area contributed by atoms with Crippen molar-refractivity contribution in [1.29, 1.82) is 0 Å². The van der Waals surface area contributed by atoms with E-state index in [1.165, 1.54) is 19.3 Å². The molecular formula is C16H24N2O2S. The van der Waals surface area contributed by atoms with Gasteiger partial charge in [-0.1, -0.05) is 12.5 Å². The molecule has 1 saturated carbocycles. The molecule has 2 aliphatic rings. The zero-order chi connectivity index (χ0) is 15.4. The molecule has 5 heteroatoms. The Morgan fingerprint density at radius 3 is 2.24 bits per heavy atom. The van der Waals surface area contributed by atoms with Crippen molar-refractivity contribution >= 4 is 15.7 Å². The normalized spacial score (nSPS) is 26.2. The van der Waals surface area contributed by atoms with Crippen LogP contribution in [0.3, 0.4) is 0 Å². The van der Waals surface area contributed by atoms with Crippen molar-refractivity contribution in [3.8, 4) is 0 Å². The minimum atomic E-state index is -3.43. The average molecular weight is 308 g/mol. The summed E-state index contributed by atoms with van der Waals surface area (Å²) in [6.45, 7) is 6.97. The van der Waals surface area contributed by atoms with Gasteiger partial charge in [0.1, 0.15) is 0 Å². The summed E-state index contributed by atoms with van der Waals surface area (Å²) in [5, 5.41) is 0. The molecule has 2 N–H and O–H groups in total. The number of benzene rings is 1. The lowest BCUT2D eigenvalue weighted by Gasteiger charge is -2.22. The lowest BCUT2D eigenvalue weighted by molar-refractivity contribution is 0.445. The van der Waals surface area contributed by atoms with E-state index < -0.39 is 10.0 Å². The average Bonchev–Trinajstić information content (AvgIpc) is 2.96. The van der Waals surface area contributed by atoms with Crippen molar-refractivity contribution in [2.24, 2.45) is 11.8 Å². The van der Waals surface area contributed by atoms with E-state index in [2.05, 4.69) is 0 Å². The first-order valence-electron chi connectivity index (χ1n) is 7.68. The van der Waals surface area contributed by atoms with Crippen LogP contribution in [-0.2, 0) is 10.0 Å². The summed E-state index contributed by atoms with van der Waals surface area (Å²) in [6, 6.07) is 1.88. The van der Waals surface area contributed by atoms with Gasteiger partial charge in [0.25, 0.3) is 0 Å². The number of hydrogen-bond donors (Lipinski definition) is 1. The van der Waals surface area contributed by atoms with Crippen LogP contribution >= 0.6 is 0 Å². The van der Waals surface area contributed by atoms with Gasteiger partial charge in [-0.05, 0) is 62.1 Å². The number of nitrogens with two attached hydrogens (primary N) is 1. The number of nitrogens with zero attached hydrogens (tertiary/aromatic N) is 1. The highest BCUT2D eigenvalue weighted by Crippen LogP contribution is 2.41. The zero-order valence-electron chi connectivity index (χ0n) is 13.0. The van der Waals surface area contributed by atoms with Crippen molar-refractivity contribution in [2.75, 3.05) is 18.8 Å². The summed E-state index contributed by atoms with van der Waals surface area (Å²) in [4.78, 5) is 0.422. The van der Waals surface area contributed by atoms with Gasteiger partial charge in [-0.2, -0.15) is 4.31 Å². The van der Waals surface area contributed by atoms with Crippen molar-refractivity contribution in [3.63, 3.8) is 0 Å². The Balaban J connectivity index is 2.02. The highest BCUT2D eigenvalue weighted by Gasteiger charge is 2.42. The van der Waals surface area contributed by atoms with Crippen molar-refractivity contribution in [3.05, 3.63) is 22.8 Å². The molecule has 1 aliphatic carbocycles. The predicted octanol–water partition coefficient (Wildman–Crippen LogP) is 2.61. The number of aryl methyl sites for hydroxylation is 2. The molecule has 0 amide bonds. The van der Waals surface area contributed by atoms with Gasteiger partial charge < -0.3 is 5.73 Å². The Morgan fingerprint density at radius 2 is 1.67 bits per heavy atom. The number of fused-ring (bicyclic) bond motifs is 1. The van der Waals surface area contributed by atoms with E-state index in [9.17, 15) is 8.42 Å². The number of nitrogen functional groups attached to an aromatic ring is 1. The van der Waals surface area contributed by atoms with Gasteiger partial charge in [0.2, 0.25) is 10.0 Å². The first kappa shape index (κ1) is 14.9. The van der Waals surface area contributed by atoms with E-state index in [0.29, 0.717) is 41.1 Å². The summed E-state index contributed by atoms with van der Waals surface area (Å²) in [5.74, 6) is 1.12. The van der Waals surface area contributed by atoms with Crippen molar-refractivity contribution in [2.45, 2.75) is 44.9 Å². The molecule has 21 heavy (non-hydrogen) atoms. The second-order valence-corrected chi connectivity index (χ2v) is 8.53. The first-order valence-corrected chi connectivity index (χ1v) is 9.12. The van der Waals surface area contributed by atoms with Crippen LogP contribution in [0.15, 0.2) is 11.0 Å². The fraction of sp³-hybridized carbons (Fsp3) is 0.625. The largest absolute Gasteiger partial charge is 0.398 e. The summed E-state index contributed by atoms with van der Waals surface area (Å²) in [5.41, 5.74) is 9.10. The number of rotatable bonds is 2. The smallest absolute Gasteiger partial charge is 0.243 e. The zero-order valence-corrected chi connectivity index (χ0v) is 13.8. The fourth-order valence-electron chi connectivity index (χ4n) is 4.10. The number of anilines is 1. The SMILES string of the molecule is Cc1cc(C)c(S(=O)(=O)N2CC3CCCC3C2)c(C)c1N. The van der Waals surface area contributed by atoms with E-state index in [4.69, 9.17) is 5.73 Å². The molecule has 0 aromatic heterocycles. The van der Waals surface area contributed by atoms with Crippen LogP contribution in [0.25, 0.3) is 0 Å². The van der Waals surface area contributed by atoms with E-state index in [1.54, 1.807) is 4.31 Å². The Morgan fingerprint density at radius 1 is 1.10 bits per heavy atom. The van der Waals surface area contributed by atoms with Gasteiger partial charge in [-0.15, -0.1) is 0 Å². The first-order chi connectivity index (χ1) is 9.82. The van der Waals surface area contributed by atoms with Crippen LogP contribution in [0, 0.1) is 32.6 Å². The van der Waals surface area contributed by atoms with Crippen LogP contribution in [-0.4, -0.2) is 25.8 Å². The van der Waals surface area contributed by atoms with Gasteiger partial charge in [-0.3, -0.25) is 0 Å². The van der Waals surface area contributed by atoms with Crippen LogP contribution in [0.1, 0.15) is 36.0 Å². The Bertz CT molecular complexity index is 670. The highest BCUT2D eigenvalue weighted by molar-refractivity contribution is 7.89. The molecule has 0 bridgehead atoms. The van der Waals surface area contributed by atoms with Gasteiger partial charge in [-0.25, -0.2) is 8.42 Å². The molecule has 2 unspecified atom stereocenters. The minimum Gasteiger partial charge on any atom is -0.398 e. The van der Waals surface area contributed by atoms with Gasteiger partial charge in [0, 0.05) is 18.8 Å². The van der Waals surface area contributed by atoms with Gasteiger partial charge in [0.15, 0.2) is 0 Å². The highest BCUT2D eigenvalue weighted by atomic mass is 32.2. The molecule has 2 fully saturated rings. The molecule has 1 aliphatic heterocycles. The molecule has 3 rings (SSSR count). The molecule has 116 valence electrons. The molecule has 1 saturated heterocycles. The molecular weight excluding hydrogens is 284 g/mol. The summed E-state index contributed by atoms with van der Waals surface area (Å²) >= 11 is 0.